The number of nitrogens with one attached hydrogen (secondary N) is 1. The topological polar surface area (TPSA) is 101 Å². The van der Waals surface area contributed by atoms with Gasteiger partial charge < -0.3 is 0 Å². The summed E-state index contributed by atoms with van der Waals surface area (Å²) in [6, 6.07) is 5.69. The van der Waals surface area contributed by atoms with Crippen LogP contribution in [0.1, 0.15) is 31.2 Å². The Bertz CT molecular complexity index is 1010. The molecule has 150 valence electrons. The number of aromatic nitrogens is 2. The van der Waals surface area contributed by atoms with Gasteiger partial charge in [-0.05, 0) is 44.5 Å². The summed E-state index contributed by atoms with van der Waals surface area (Å²) in [5.41, 5.74) is 1.21. The highest BCUT2D eigenvalue weighted by Crippen LogP contribution is 2.23. The van der Waals surface area contributed by atoms with Gasteiger partial charge in [-0.1, -0.05) is 13.3 Å². The second-order valence-electron chi connectivity index (χ2n) is 6.43. The Morgan fingerprint density at radius 2 is 1.70 bits per heavy atom. The van der Waals surface area contributed by atoms with E-state index in [1.807, 2.05) is 6.92 Å². The maximum atomic E-state index is 12.7. The van der Waals surface area contributed by atoms with E-state index in [-0.39, 0.29) is 15.5 Å². The second kappa shape index (κ2) is 7.99. The molecule has 27 heavy (non-hydrogen) atoms. The molecule has 0 aliphatic carbocycles. The fraction of sp³-hybridized carbons (Fsp3) is 0.471. The molecule has 1 N–H and O–H groups in total. The molecule has 0 unspecified atom stereocenters. The van der Waals surface area contributed by atoms with Crippen LogP contribution in [-0.2, 0) is 27.1 Å². The predicted molar refractivity (Wildman–Crippen MR) is 105 cm³/mol. The average molecular weight is 415 g/mol. The fourth-order valence-electron chi connectivity index (χ4n) is 2.73. The summed E-state index contributed by atoms with van der Waals surface area (Å²) < 4.78 is 55.7. The van der Waals surface area contributed by atoms with Gasteiger partial charge in [-0.2, -0.15) is 5.10 Å². The molecule has 2 aromatic rings. The zero-order valence-corrected chi connectivity index (χ0v) is 17.9. The van der Waals surface area contributed by atoms with E-state index >= 15 is 0 Å². The smallest absolute Gasteiger partial charge is 0.265 e. The first-order valence-corrected chi connectivity index (χ1v) is 11.5. The molecule has 0 saturated heterocycles. The Labute approximate surface area is 161 Å². The lowest BCUT2D eigenvalue weighted by molar-refractivity contribution is 0.459. The number of aryl methyl sites for hydroxylation is 2. The second-order valence-corrected chi connectivity index (χ2v) is 10.1. The number of benzene rings is 1. The highest BCUT2D eigenvalue weighted by Gasteiger charge is 2.24. The van der Waals surface area contributed by atoms with E-state index in [2.05, 4.69) is 9.82 Å². The summed E-state index contributed by atoms with van der Waals surface area (Å²) in [6.45, 7) is 5.74. The maximum absolute atomic E-state index is 12.7. The monoisotopic (exact) mass is 414 g/mol. The van der Waals surface area contributed by atoms with E-state index in [0.717, 1.165) is 12.8 Å². The van der Waals surface area contributed by atoms with Crippen molar-refractivity contribution >= 4 is 25.7 Å². The predicted octanol–water partition coefficient (Wildman–Crippen LogP) is 2.26. The molecule has 10 heteroatoms. The van der Waals surface area contributed by atoms with Gasteiger partial charge in [0, 0.05) is 26.3 Å². The van der Waals surface area contributed by atoms with Crippen LogP contribution in [0.25, 0.3) is 0 Å². The number of hydrogen-bond acceptors (Lipinski definition) is 5. The molecule has 1 aromatic carbocycles. The molecule has 0 bridgehead atoms. The first-order chi connectivity index (χ1) is 12.5. The van der Waals surface area contributed by atoms with Crippen LogP contribution < -0.4 is 4.72 Å². The van der Waals surface area contributed by atoms with E-state index in [0.29, 0.717) is 17.9 Å². The Hall–Kier alpha value is -1.91. The maximum Gasteiger partial charge on any atom is 0.265 e. The fourth-order valence-corrected chi connectivity index (χ4v) is 5.43. The molecule has 8 nitrogen and oxygen atoms in total. The minimum Gasteiger partial charge on any atom is -0.280 e. The van der Waals surface area contributed by atoms with Gasteiger partial charge in [-0.15, -0.1) is 0 Å². The van der Waals surface area contributed by atoms with E-state index in [1.54, 1.807) is 20.9 Å². The first kappa shape index (κ1) is 21.4. The minimum absolute atomic E-state index is 0.123. The zero-order chi connectivity index (χ0) is 20.4. The number of nitrogens with zero attached hydrogens (tertiary/aromatic N) is 3. The lowest BCUT2D eigenvalue weighted by Crippen LogP contribution is -2.27. The summed E-state index contributed by atoms with van der Waals surface area (Å²) in [7, 11) is -4.20. The normalized spacial score (nSPS) is 12.5. The number of rotatable bonds is 8. The summed E-state index contributed by atoms with van der Waals surface area (Å²) >= 11 is 0. The third kappa shape index (κ3) is 4.50. The van der Waals surface area contributed by atoms with Crippen LogP contribution in [0.4, 0.5) is 5.69 Å². The van der Waals surface area contributed by atoms with Gasteiger partial charge >= 0.3 is 0 Å². The minimum atomic E-state index is -3.82. The summed E-state index contributed by atoms with van der Waals surface area (Å²) in [5.74, 6) is 0. The molecule has 0 saturated carbocycles. The molecule has 2 rings (SSSR count). The molecule has 0 fully saturated rings. The van der Waals surface area contributed by atoms with Crippen LogP contribution in [0.5, 0.6) is 0 Å². The summed E-state index contributed by atoms with van der Waals surface area (Å²) in [6.07, 6.45) is 1.67. The first-order valence-electron chi connectivity index (χ1n) is 8.60. The molecule has 0 amide bonds. The molecule has 0 aliphatic rings. The number of sulfonamides is 2. The lowest BCUT2D eigenvalue weighted by atomic mass is 10.3. The van der Waals surface area contributed by atoms with Crippen LogP contribution in [0, 0.1) is 13.8 Å². The molecular weight excluding hydrogens is 388 g/mol. The Morgan fingerprint density at radius 3 is 2.19 bits per heavy atom. The van der Waals surface area contributed by atoms with Crippen molar-refractivity contribution in [3.63, 3.8) is 0 Å². The van der Waals surface area contributed by atoms with Gasteiger partial charge in [0.2, 0.25) is 10.0 Å². The standard InChI is InChI=1S/C17H26N4O4S2/c1-6-7-12-20(4)27(24,25)16-10-8-15(9-11-16)19-26(22,23)17-13(2)18-21(5)14(17)3/h8-11,19H,6-7,12H2,1-5H3. The highest BCUT2D eigenvalue weighted by molar-refractivity contribution is 7.92. The van der Waals surface area contributed by atoms with E-state index in [1.165, 1.54) is 40.3 Å². The van der Waals surface area contributed by atoms with Gasteiger partial charge in [0.05, 0.1) is 16.3 Å². The number of unbranched alkanes of at least 4 members (excludes halogenated alkanes) is 1. The lowest BCUT2D eigenvalue weighted by Gasteiger charge is -2.17. The van der Waals surface area contributed by atoms with Crippen molar-refractivity contribution in [2.45, 2.75) is 43.4 Å². The van der Waals surface area contributed by atoms with Crippen LogP contribution in [0.3, 0.4) is 0 Å². The number of anilines is 1. The Balaban J connectivity index is 2.25. The van der Waals surface area contributed by atoms with Crippen LogP contribution >= 0.6 is 0 Å². The van der Waals surface area contributed by atoms with Crippen molar-refractivity contribution in [2.24, 2.45) is 7.05 Å². The van der Waals surface area contributed by atoms with Crippen molar-refractivity contribution in [1.29, 1.82) is 0 Å². The Morgan fingerprint density at radius 1 is 1.11 bits per heavy atom. The van der Waals surface area contributed by atoms with Crippen LogP contribution in [0.15, 0.2) is 34.1 Å². The average Bonchev–Trinajstić information content (AvgIpc) is 2.85. The van der Waals surface area contributed by atoms with Gasteiger partial charge in [0.25, 0.3) is 10.0 Å². The number of hydrogen-bond donors (Lipinski definition) is 1. The Kier molecular flexibility index (Phi) is 6.33. The van der Waals surface area contributed by atoms with E-state index < -0.39 is 20.0 Å². The molecular formula is C17H26N4O4S2. The van der Waals surface area contributed by atoms with Crippen molar-refractivity contribution in [3.8, 4) is 0 Å². The van der Waals surface area contributed by atoms with Crippen molar-refractivity contribution < 1.29 is 16.8 Å². The molecule has 0 atom stereocenters. The van der Waals surface area contributed by atoms with E-state index in [4.69, 9.17) is 0 Å². The molecule has 0 aliphatic heterocycles. The van der Waals surface area contributed by atoms with Crippen LogP contribution in [0.2, 0.25) is 0 Å². The molecule has 1 heterocycles. The third-order valence-corrected chi connectivity index (χ3v) is 7.86. The summed E-state index contributed by atoms with van der Waals surface area (Å²) in [4.78, 5) is 0.249. The SMILES string of the molecule is CCCCN(C)S(=O)(=O)c1ccc(NS(=O)(=O)c2c(C)nn(C)c2C)cc1. The van der Waals surface area contributed by atoms with E-state index in [9.17, 15) is 16.8 Å². The van der Waals surface area contributed by atoms with Crippen molar-refractivity contribution in [1.82, 2.24) is 14.1 Å². The third-order valence-electron chi connectivity index (χ3n) is 4.35. The van der Waals surface area contributed by atoms with Crippen molar-refractivity contribution in [2.75, 3.05) is 18.3 Å². The van der Waals surface area contributed by atoms with Gasteiger partial charge in [0.15, 0.2) is 0 Å². The van der Waals surface area contributed by atoms with Gasteiger partial charge in [-0.25, -0.2) is 21.1 Å². The molecule has 0 spiro atoms. The molecule has 0 radical (unpaired) electrons. The van der Waals surface area contributed by atoms with Gasteiger partial charge in [0.1, 0.15) is 4.90 Å². The molecule has 1 aromatic heterocycles. The van der Waals surface area contributed by atoms with Crippen LogP contribution in [-0.4, -0.2) is 44.5 Å². The van der Waals surface area contributed by atoms with Crippen molar-refractivity contribution in [3.05, 3.63) is 35.7 Å². The quantitative estimate of drug-likeness (QED) is 0.714. The zero-order valence-electron chi connectivity index (χ0n) is 16.2. The van der Waals surface area contributed by atoms with Gasteiger partial charge in [-0.3, -0.25) is 9.40 Å². The highest BCUT2D eigenvalue weighted by atomic mass is 32.2. The largest absolute Gasteiger partial charge is 0.280 e. The summed E-state index contributed by atoms with van der Waals surface area (Å²) in [5, 5.41) is 4.12.